The summed E-state index contributed by atoms with van der Waals surface area (Å²) in [4.78, 5) is 12.3. The molecule has 20 heavy (non-hydrogen) atoms. The fourth-order valence-electron chi connectivity index (χ4n) is 2.45. The van der Waals surface area contributed by atoms with Gasteiger partial charge in [-0.25, -0.2) is 19.3 Å². The minimum absolute atomic E-state index is 0.0396. The molecule has 0 spiro atoms. The maximum atomic E-state index is 14.3. The minimum Gasteiger partial charge on any atom is -0.394 e. The van der Waals surface area contributed by atoms with E-state index in [4.69, 9.17) is 9.84 Å². The first-order chi connectivity index (χ1) is 9.63. The molecule has 1 saturated heterocycles. The first-order valence-corrected chi connectivity index (χ1v) is 6.32. The zero-order valence-corrected chi connectivity index (χ0v) is 10.8. The lowest BCUT2D eigenvalue weighted by atomic mass is 9.99. The van der Waals surface area contributed by atoms with Gasteiger partial charge >= 0.3 is 0 Å². The first-order valence-electron chi connectivity index (χ1n) is 6.32. The van der Waals surface area contributed by atoms with Gasteiger partial charge < -0.3 is 19.5 Å². The number of fused-ring (bicyclic) bond motifs is 1. The van der Waals surface area contributed by atoms with Crippen molar-refractivity contribution in [3.8, 4) is 0 Å². The maximum absolute atomic E-state index is 14.3. The molecule has 4 unspecified atom stereocenters. The molecule has 1 fully saturated rings. The molecule has 0 radical (unpaired) electrons. The summed E-state index contributed by atoms with van der Waals surface area (Å²) in [5.41, 5.74) is 1.80. The Bertz CT molecular complexity index is 620. The molecule has 3 heterocycles. The largest absolute Gasteiger partial charge is 0.394 e. The van der Waals surface area contributed by atoms with E-state index in [-0.39, 0.29) is 6.61 Å². The van der Waals surface area contributed by atoms with Crippen molar-refractivity contribution < 1.29 is 19.3 Å². The van der Waals surface area contributed by atoms with Gasteiger partial charge in [0, 0.05) is 0 Å². The van der Waals surface area contributed by atoms with Crippen LogP contribution in [0.25, 0.3) is 11.2 Å². The summed E-state index contributed by atoms with van der Waals surface area (Å²) in [5.74, 6) is 0. The van der Waals surface area contributed by atoms with Crippen LogP contribution in [-0.2, 0) is 4.74 Å². The number of aliphatic hydroxyl groups excluding tert-OH is 2. The quantitative estimate of drug-likeness (QED) is 0.790. The highest BCUT2D eigenvalue weighted by atomic mass is 19.1. The van der Waals surface area contributed by atoms with Crippen molar-refractivity contribution in [3.05, 3.63) is 18.3 Å². The van der Waals surface area contributed by atoms with Crippen LogP contribution in [0.4, 0.5) is 4.39 Å². The first kappa shape index (κ1) is 13.3. The van der Waals surface area contributed by atoms with Crippen LogP contribution in [0, 0.1) is 6.92 Å². The molecule has 0 bridgehead atoms. The van der Waals surface area contributed by atoms with Crippen molar-refractivity contribution in [3.63, 3.8) is 0 Å². The van der Waals surface area contributed by atoms with E-state index in [1.54, 1.807) is 11.5 Å². The Kier molecular flexibility index (Phi) is 3.36. The number of hydrogen-bond acceptors (Lipinski definition) is 6. The molecule has 2 N–H and O–H groups in total. The van der Waals surface area contributed by atoms with Crippen LogP contribution in [0.1, 0.15) is 11.7 Å². The van der Waals surface area contributed by atoms with Crippen molar-refractivity contribution in [2.24, 2.45) is 0 Å². The molecule has 0 saturated carbocycles. The van der Waals surface area contributed by atoms with Crippen LogP contribution in [-0.4, -0.2) is 61.3 Å². The van der Waals surface area contributed by atoms with Crippen LogP contribution in [0.3, 0.4) is 0 Å². The fraction of sp³-hybridized carbons (Fsp3) is 0.583. The number of ether oxygens (including phenoxy) is 1. The Morgan fingerprint density at radius 3 is 3.00 bits per heavy atom. The van der Waals surface area contributed by atoms with Crippen molar-refractivity contribution >= 4 is 11.2 Å². The van der Waals surface area contributed by atoms with Crippen molar-refractivity contribution in [2.75, 3.05) is 13.2 Å². The number of nitrogens with zero attached hydrogens (tertiary/aromatic N) is 4. The van der Waals surface area contributed by atoms with Gasteiger partial charge in [0.25, 0.3) is 0 Å². The lowest BCUT2D eigenvalue weighted by molar-refractivity contribution is -0.148. The zero-order valence-electron chi connectivity index (χ0n) is 10.8. The molecule has 1 aliphatic heterocycles. The van der Waals surface area contributed by atoms with Gasteiger partial charge in [-0.2, -0.15) is 0 Å². The average molecular weight is 282 g/mol. The molecule has 1 aliphatic rings. The van der Waals surface area contributed by atoms with Gasteiger partial charge in [0.1, 0.15) is 24.1 Å². The maximum Gasteiger partial charge on any atom is 0.163 e. The standard InChI is InChI=1S/C12H15FN4O3/c1-6-10-12(15-4-14-6)17(5-16-10)7-3-20-8(2-18)11(19)9(7)13/h4-5,7-9,11,18-19H,2-3H2,1H3. The van der Waals surface area contributed by atoms with Gasteiger partial charge in [0.15, 0.2) is 11.8 Å². The van der Waals surface area contributed by atoms with Crippen molar-refractivity contribution in [1.82, 2.24) is 19.5 Å². The number of halogens is 1. The molecular formula is C12H15FN4O3. The van der Waals surface area contributed by atoms with Gasteiger partial charge in [-0.1, -0.05) is 0 Å². The second kappa shape index (κ2) is 5.04. The normalized spacial score (nSPS) is 30.8. The molecule has 2 aromatic heterocycles. The molecule has 4 atom stereocenters. The van der Waals surface area contributed by atoms with Crippen LogP contribution in [0.2, 0.25) is 0 Å². The third kappa shape index (κ3) is 1.96. The minimum atomic E-state index is -1.56. The highest BCUT2D eigenvalue weighted by Gasteiger charge is 2.41. The summed E-state index contributed by atoms with van der Waals surface area (Å²) in [6, 6.07) is -0.730. The SMILES string of the molecule is Cc1ncnc2c1ncn2C1COC(CO)C(O)C1F. The Morgan fingerprint density at radius 1 is 1.45 bits per heavy atom. The van der Waals surface area contributed by atoms with Crippen LogP contribution in [0.15, 0.2) is 12.7 Å². The summed E-state index contributed by atoms with van der Waals surface area (Å²) < 4.78 is 21.2. The van der Waals surface area contributed by atoms with Crippen LogP contribution >= 0.6 is 0 Å². The van der Waals surface area contributed by atoms with E-state index in [9.17, 15) is 9.50 Å². The summed E-state index contributed by atoms with van der Waals surface area (Å²) >= 11 is 0. The van der Waals surface area contributed by atoms with E-state index in [2.05, 4.69) is 15.0 Å². The summed E-state index contributed by atoms with van der Waals surface area (Å²) in [5, 5.41) is 18.8. The fourth-order valence-corrected chi connectivity index (χ4v) is 2.45. The summed E-state index contributed by atoms with van der Waals surface area (Å²) in [6.07, 6.45) is -0.973. The second-order valence-corrected chi connectivity index (χ2v) is 4.84. The number of rotatable bonds is 2. The number of imidazole rings is 1. The Hall–Kier alpha value is -1.64. The van der Waals surface area contributed by atoms with Crippen molar-refractivity contribution in [2.45, 2.75) is 31.3 Å². The van der Waals surface area contributed by atoms with E-state index in [0.29, 0.717) is 16.9 Å². The third-order valence-corrected chi connectivity index (χ3v) is 3.63. The van der Waals surface area contributed by atoms with Crippen LogP contribution < -0.4 is 0 Å². The zero-order chi connectivity index (χ0) is 14.3. The van der Waals surface area contributed by atoms with E-state index < -0.39 is 31.0 Å². The Morgan fingerprint density at radius 2 is 2.25 bits per heavy atom. The topological polar surface area (TPSA) is 93.3 Å². The van der Waals surface area contributed by atoms with E-state index in [1.807, 2.05) is 0 Å². The third-order valence-electron chi connectivity index (χ3n) is 3.63. The molecule has 108 valence electrons. The van der Waals surface area contributed by atoms with Gasteiger partial charge in [0.2, 0.25) is 0 Å². The Balaban J connectivity index is 1.97. The molecular weight excluding hydrogens is 267 g/mol. The molecule has 0 amide bonds. The predicted molar refractivity (Wildman–Crippen MR) is 66.8 cm³/mol. The highest BCUT2D eigenvalue weighted by Crippen LogP contribution is 2.29. The average Bonchev–Trinajstić information content (AvgIpc) is 2.87. The van der Waals surface area contributed by atoms with Crippen LogP contribution in [0.5, 0.6) is 0 Å². The number of aryl methyl sites for hydroxylation is 1. The van der Waals surface area contributed by atoms with E-state index in [1.165, 1.54) is 12.7 Å². The number of aromatic nitrogens is 4. The molecule has 3 rings (SSSR count). The monoisotopic (exact) mass is 282 g/mol. The van der Waals surface area contributed by atoms with Gasteiger partial charge in [-0.3, -0.25) is 0 Å². The van der Waals surface area contributed by atoms with Gasteiger partial charge in [-0.05, 0) is 6.92 Å². The molecule has 7 nitrogen and oxygen atoms in total. The second-order valence-electron chi connectivity index (χ2n) is 4.84. The number of hydrogen-bond donors (Lipinski definition) is 2. The molecule has 0 aromatic carbocycles. The summed E-state index contributed by atoms with van der Waals surface area (Å²) in [7, 11) is 0. The highest BCUT2D eigenvalue weighted by molar-refractivity contribution is 5.72. The lowest BCUT2D eigenvalue weighted by Crippen LogP contribution is -2.50. The predicted octanol–water partition coefficient (Wildman–Crippen LogP) is -0.234. The number of alkyl halides is 1. The summed E-state index contributed by atoms with van der Waals surface area (Å²) in [6.45, 7) is 1.42. The van der Waals surface area contributed by atoms with Crippen molar-refractivity contribution in [1.29, 1.82) is 0 Å². The molecule has 2 aromatic rings. The number of aliphatic hydroxyl groups is 2. The lowest BCUT2D eigenvalue weighted by Gasteiger charge is -2.36. The Labute approximate surface area is 114 Å². The molecule has 8 heteroatoms. The van der Waals surface area contributed by atoms with Gasteiger partial charge in [-0.15, -0.1) is 0 Å². The van der Waals surface area contributed by atoms with E-state index in [0.717, 1.165) is 0 Å². The van der Waals surface area contributed by atoms with E-state index >= 15 is 0 Å². The molecule has 0 aliphatic carbocycles. The smallest absolute Gasteiger partial charge is 0.163 e. The van der Waals surface area contributed by atoms with Gasteiger partial charge in [0.05, 0.1) is 31.3 Å².